The Morgan fingerprint density at radius 1 is 1.09 bits per heavy atom. The van der Waals surface area contributed by atoms with Crippen molar-refractivity contribution in [2.75, 3.05) is 18.9 Å². The molecule has 33 heavy (non-hydrogen) atoms. The van der Waals surface area contributed by atoms with Gasteiger partial charge < -0.3 is 25.0 Å². The first-order valence-corrected chi connectivity index (χ1v) is 10.7. The molecular formula is C25H29N3O5. The minimum absolute atomic E-state index is 0.163. The zero-order valence-corrected chi connectivity index (χ0v) is 19.2. The maximum atomic E-state index is 12.8. The Bertz CT molecular complexity index is 1160. The van der Waals surface area contributed by atoms with E-state index in [2.05, 4.69) is 10.3 Å². The molecule has 1 atom stereocenters. The van der Waals surface area contributed by atoms with Crippen LogP contribution in [0.3, 0.4) is 0 Å². The van der Waals surface area contributed by atoms with Crippen molar-refractivity contribution in [3.63, 3.8) is 0 Å². The first-order valence-electron chi connectivity index (χ1n) is 10.7. The number of hydrogen-bond acceptors (Lipinski definition) is 5. The highest BCUT2D eigenvalue weighted by Crippen LogP contribution is 2.22. The van der Waals surface area contributed by atoms with E-state index in [-0.39, 0.29) is 13.0 Å². The molecule has 1 unspecified atom stereocenters. The molecule has 0 saturated carbocycles. The number of likely N-dealkylation sites (N-methyl/N-ethyl adjacent to an activating group) is 1. The van der Waals surface area contributed by atoms with Crippen molar-refractivity contribution in [2.24, 2.45) is 0 Å². The lowest BCUT2D eigenvalue weighted by molar-refractivity contribution is -0.148. The molecule has 1 heterocycles. The van der Waals surface area contributed by atoms with Crippen LogP contribution in [0.4, 0.5) is 5.69 Å². The Morgan fingerprint density at radius 3 is 2.45 bits per heavy atom. The summed E-state index contributed by atoms with van der Waals surface area (Å²) in [5.41, 5.74) is 1.82. The van der Waals surface area contributed by atoms with Gasteiger partial charge in [0.15, 0.2) is 0 Å². The summed E-state index contributed by atoms with van der Waals surface area (Å²) in [6.07, 6.45) is 1.93. The SMILES string of the molecule is CN(C(=O)CNc1ccccc1C(=O)OC(C)(C)C)C(Cc1c[nH]c2ccccc12)C(=O)O. The van der Waals surface area contributed by atoms with Crippen molar-refractivity contribution in [3.8, 4) is 0 Å². The molecule has 0 radical (unpaired) electrons. The number of nitrogens with one attached hydrogen (secondary N) is 2. The maximum absolute atomic E-state index is 12.8. The number of aromatic nitrogens is 1. The second-order valence-electron chi connectivity index (χ2n) is 8.82. The normalized spacial score (nSPS) is 12.2. The topological polar surface area (TPSA) is 112 Å². The number of amides is 1. The number of carbonyl (C=O) groups is 3. The quantitative estimate of drug-likeness (QED) is 0.451. The van der Waals surface area contributed by atoms with Gasteiger partial charge in [0.25, 0.3) is 0 Å². The largest absolute Gasteiger partial charge is 0.480 e. The van der Waals surface area contributed by atoms with Gasteiger partial charge in [-0.1, -0.05) is 30.3 Å². The van der Waals surface area contributed by atoms with Crippen LogP contribution in [0.15, 0.2) is 54.7 Å². The number of carbonyl (C=O) groups excluding carboxylic acids is 2. The highest BCUT2D eigenvalue weighted by atomic mass is 16.6. The smallest absolute Gasteiger partial charge is 0.340 e. The molecule has 0 aliphatic heterocycles. The number of fused-ring (bicyclic) bond motifs is 1. The van der Waals surface area contributed by atoms with Gasteiger partial charge in [-0.05, 0) is 44.5 Å². The van der Waals surface area contributed by atoms with Crippen LogP contribution in [-0.2, 0) is 20.7 Å². The molecule has 8 heteroatoms. The minimum Gasteiger partial charge on any atom is -0.480 e. The van der Waals surface area contributed by atoms with E-state index in [1.165, 1.54) is 11.9 Å². The summed E-state index contributed by atoms with van der Waals surface area (Å²) in [6.45, 7) is 5.16. The zero-order valence-electron chi connectivity index (χ0n) is 19.2. The summed E-state index contributed by atoms with van der Waals surface area (Å²) >= 11 is 0. The van der Waals surface area contributed by atoms with Crippen LogP contribution in [0.5, 0.6) is 0 Å². The lowest BCUT2D eigenvalue weighted by atomic mass is 10.0. The number of ether oxygens (including phenoxy) is 1. The number of esters is 1. The van der Waals surface area contributed by atoms with Crippen molar-refractivity contribution in [1.82, 2.24) is 9.88 Å². The third-order valence-electron chi connectivity index (χ3n) is 5.21. The molecule has 2 aromatic carbocycles. The van der Waals surface area contributed by atoms with Crippen LogP contribution in [0.2, 0.25) is 0 Å². The molecule has 8 nitrogen and oxygen atoms in total. The number of hydrogen-bond donors (Lipinski definition) is 3. The van der Waals surface area contributed by atoms with E-state index in [4.69, 9.17) is 4.74 Å². The number of aromatic amines is 1. The number of carboxylic acid groups (broad SMARTS) is 1. The number of H-pyrrole nitrogens is 1. The Hall–Kier alpha value is -3.81. The molecular weight excluding hydrogens is 422 g/mol. The molecule has 3 N–H and O–H groups in total. The van der Waals surface area contributed by atoms with Crippen LogP contribution in [0, 0.1) is 0 Å². The predicted octanol–water partition coefficient (Wildman–Crippen LogP) is 3.69. The third-order valence-corrected chi connectivity index (χ3v) is 5.21. The van der Waals surface area contributed by atoms with Gasteiger partial charge in [-0.3, -0.25) is 4.79 Å². The van der Waals surface area contributed by atoms with E-state index in [1.54, 1.807) is 51.2 Å². The molecule has 0 spiro atoms. The zero-order chi connectivity index (χ0) is 24.2. The van der Waals surface area contributed by atoms with Crippen molar-refractivity contribution < 1.29 is 24.2 Å². The van der Waals surface area contributed by atoms with Crippen molar-refractivity contribution in [1.29, 1.82) is 0 Å². The Morgan fingerprint density at radius 2 is 1.76 bits per heavy atom. The van der Waals surface area contributed by atoms with E-state index < -0.39 is 29.5 Å². The Balaban J connectivity index is 1.70. The number of aliphatic carboxylic acids is 1. The second-order valence-corrected chi connectivity index (χ2v) is 8.82. The molecule has 0 aliphatic rings. The lowest BCUT2D eigenvalue weighted by Crippen LogP contribution is -2.46. The van der Waals surface area contributed by atoms with Crippen LogP contribution < -0.4 is 5.32 Å². The van der Waals surface area contributed by atoms with Gasteiger partial charge in [0, 0.05) is 36.3 Å². The first kappa shape index (κ1) is 23.8. The predicted molar refractivity (Wildman–Crippen MR) is 126 cm³/mol. The van der Waals surface area contributed by atoms with E-state index in [0.717, 1.165) is 16.5 Å². The highest BCUT2D eigenvalue weighted by molar-refractivity contribution is 5.97. The number of rotatable bonds is 8. The van der Waals surface area contributed by atoms with Crippen LogP contribution in [-0.4, -0.2) is 58.1 Å². The van der Waals surface area contributed by atoms with Crippen LogP contribution >= 0.6 is 0 Å². The number of anilines is 1. The van der Waals surface area contributed by atoms with Gasteiger partial charge >= 0.3 is 11.9 Å². The molecule has 3 rings (SSSR count). The Labute approximate surface area is 192 Å². The molecule has 0 bridgehead atoms. The van der Waals surface area contributed by atoms with Gasteiger partial charge in [0.05, 0.1) is 12.1 Å². The number of benzene rings is 2. The fourth-order valence-electron chi connectivity index (χ4n) is 3.52. The van der Waals surface area contributed by atoms with Crippen LogP contribution in [0.25, 0.3) is 10.9 Å². The van der Waals surface area contributed by atoms with Crippen molar-refractivity contribution in [2.45, 2.75) is 38.8 Å². The molecule has 1 aromatic heterocycles. The maximum Gasteiger partial charge on any atom is 0.340 e. The molecule has 0 saturated heterocycles. The highest BCUT2D eigenvalue weighted by Gasteiger charge is 2.28. The number of para-hydroxylation sites is 2. The van der Waals surface area contributed by atoms with Crippen molar-refractivity contribution in [3.05, 3.63) is 65.9 Å². The number of carboxylic acids is 1. The fourth-order valence-corrected chi connectivity index (χ4v) is 3.52. The summed E-state index contributed by atoms with van der Waals surface area (Å²) < 4.78 is 5.43. The average molecular weight is 452 g/mol. The van der Waals surface area contributed by atoms with Gasteiger partial charge in [0.1, 0.15) is 11.6 Å². The van der Waals surface area contributed by atoms with E-state index in [0.29, 0.717) is 11.3 Å². The summed E-state index contributed by atoms with van der Waals surface area (Å²) in [7, 11) is 1.47. The molecule has 0 aliphatic carbocycles. The molecule has 1 amide bonds. The molecule has 3 aromatic rings. The minimum atomic E-state index is -1.09. The second kappa shape index (κ2) is 9.77. The third kappa shape index (κ3) is 5.91. The van der Waals surface area contributed by atoms with Gasteiger partial charge in [-0.25, -0.2) is 9.59 Å². The van der Waals surface area contributed by atoms with E-state index in [9.17, 15) is 19.5 Å². The summed E-state index contributed by atoms with van der Waals surface area (Å²) in [6, 6.07) is 13.3. The Kier molecular flexibility index (Phi) is 7.06. The molecule has 174 valence electrons. The van der Waals surface area contributed by atoms with Crippen LogP contribution in [0.1, 0.15) is 36.7 Å². The summed E-state index contributed by atoms with van der Waals surface area (Å²) in [5.74, 6) is -2.01. The summed E-state index contributed by atoms with van der Waals surface area (Å²) in [5, 5.41) is 13.7. The first-order chi connectivity index (χ1) is 15.6. The standard InChI is InChI=1S/C25H29N3O5/c1-25(2,3)33-24(32)18-10-6-8-12-20(18)27-15-22(29)28(4)21(23(30)31)13-16-14-26-19-11-7-5-9-17(16)19/h5-12,14,21,26-27H,13,15H2,1-4H3,(H,30,31). The van der Waals surface area contributed by atoms with Gasteiger partial charge in [0.2, 0.25) is 5.91 Å². The van der Waals surface area contributed by atoms with Gasteiger partial charge in [-0.2, -0.15) is 0 Å². The van der Waals surface area contributed by atoms with E-state index >= 15 is 0 Å². The van der Waals surface area contributed by atoms with Gasteiger partial charge in [-0.15, -0.1) is 0 Å². The van der Waals surface area contributed by atoms with E-state index in [1.807, 2.05) is 24.3 Å². The monoisotopic (exact) mass is 451 g/mol. The molecule has 0 fully saturated rings. The van der Waals surface area contributed by atoms with Crippen molar-refractivity contribution >= 4 is 34.4 Å². The lowest BCUT2D eigenvalue weighted by Gasteiger charge is -2.25. The summed E-state index contributed by atoms with van der Waals surface area (Å²) in [4.78, 5) is 41.7. The number of nitrogens with zero attached hydrogens (tertiary/aromatic N) is 1. The fraction of sp³-hybridized carbons (Fsp3) is 0.320. The average Bonchev–Trinajstić information content (AvgIpc) is 3.17.